The number of hydrogen-bond acceptors (Lipinski definition) is 6. The summed E-state index contributed by atoms with van der Waals surface area (Å²) in [5.41, 5.74) is 2.24. The minimum absolute atomic E-state index is 0.0302. The Morgan fingerprint density at radius 3 is 2.52 bits per heavy atom. The summed E-state index contributed by atoms with van der Waals surface area (Å²) in [5.74, 6) is 2.23. The van der Waals surface area contributed by atoms with Crippen molar-refractivity contribution in [3.8, 4) is 11.5 Å². The number of tetrazole rings is 1. The molecule has 2 heterocycles. The quantitative estimate of drug-likeness (QED) is 0.635. The van der Waals surface area contributed by atoms with E-state index in [9.17, 15) is 0 Å². The Hall–Kier alpha value is -2.97. The Kier molecular flexibility index (Phi) is 6.02. The zero-order chi connectivity index (χ0) is 20.1. The van der Waals surface area contributed by atoms with Crippen molar-refractivity contribution in [2.24, 2.45) is 0 Å². The van der Waals surface area contributed by atoms with Crippen LogP contribution in [0, 0.1) is 0 Å². The molecule has 0 spiro atoms. The number of aromatic nitrogens is 4. The Balaban J connectivity index is 1.73. The van der Waals surface area contributed by atoms with E-state index in [-0.39, 0.29) is 6.04 Å². The first-order chi connectivity index (χ1) is 14.3. The molecular weight excluding hydrogens is 370 g/mol. The second-order valence-electron chi connectivity index (χ2n) is 7.00. The molecule has 4 rings (SSSR count). The minimum Gasteiger partial charge on any atom is -0.493 e. The van der Waals surface area contributed by atoms with Gasteiger partial charge in [0.1, 0.15) is 13.1 Å². The third kappa shape index (κ3) is 4.23. The van der Waals surface area contributed by atoms with Gasteiger partial charge in [0.2, 0.25) is 5.82 Å². The molecule has 8 nitrogen and oxygen atoms in total. The van der Waals surface area contributed by atoms with E-state index < -0.39 is 0 Å². The van der Waals surface area contributed by atoms with E-state index in [0.717, 1.165) is 43.3 Å². The van der Waals surface area contributed by atoms with E-state index in [1.165, 1.54) is 4.90 Å². The van der Waals surface area contributed by atoms with Crippen LogP contribution < -0.4 is 14.4 Å². The zero-order valence-electron chi connectivity index (χ0n) is 16.7. The van der Waals surface area contributed by atoms with E-state index in [4.69, 9.17) is 14.2 Å². The summed E-state index contributed by atoms with van der Waals surface area (Å²) in [4.78, 5) is 1.37. The number of hydrogen-bond donors (Lipinski definition) is 1. The lowest BCUT2D eigenvalue weighted by atomic mass is 10.0. The SMILES string of the molecule is COc1ccc([C@H](c2nnnn2Cc2ccccc2)[NH+]2CCOCC2)cc1OC. The molecule has 0 aliphatic carbocycles. The standard InChI is InChI=1S/C21H25N5O3/c1-27-18-9-8-17(14-19(18)28-2)20(25-10-12-29-13-11-25)21-22-23-24-26(21)15-16-6-4-3-5-7-16/h3-9,14,20H,10-13,15H2,1-2H3/p+1/t20-/m1/s1. The van der Waals surface area contributed by atoms with Crippen molar-refractivity contribution in [2.75, 3.05) is 40.5 Å². The van der Waals surface area contributed by atoms with Crippen LogP contribution in [0.15, 0.2) is 48.5 Å². The monoisotopic (exact) mass is 396 g/mol. The molecule has 1 fully saturated rings. The van der Waals surface area contributed by atoms with Crippen molar-refractivity contribution >= 4 is 0 Å². The lowest BCUT2D eigenvalue weighted by Gasteiger charge is -2.31. The summed E-state index contributed by atoms with van der Waals surface area (Å²) in [5, 5.41) is 12.7. The van der Waals surface area contributed by atoms with Gasteiger partial charge >= 0.3 is 0 Å². The van der Waals surface area contributed by atoms with Crippen LogP contribution in [0.1, 0.15) is 23.0 Å². The van der Waals surface area contributed by atoms with Crippen LogP contribution in [-0.2, 0) is 11.3 Å². The highest BCUT2D eigenvalue weighted by molar-refractivity contribution is 5.44. The van der Waals surface area contributed by atoms with Gasteiger partial charge in [0.05, 0.1) is 34.0 Å². The molecule has 1 aromatic heterocycles. The van der Waals surface area contributed by atoms with Crippen LogP contribution in [0.5, 0.6) is 11.5 Å². The zero-order valence-corrected chi connectivity index (χ0v) is 16.7. The molecule has 29 heavy (non-hydrogen) atoms. The van der Waals surface area contributed by atoms with Crippen molar-refractivity contribution < 1.29 is 19.1 Å². The predicted octanol–water partition coefficient (Wildman–Crippen LogP) is 0.743. The number of methoxy groups -OCH3 is 2. The molecule has 0 unspecified atom stereocenters. The summed E-state index contributed by atoms with van der Waals surface area (Å²) >= 11 is 0. The Morgan fingerprint density at radius 2 is 1.79 bits per heavy atom. The fourth-order valence-electron chi connectivity index (χ4n) is 3.81. The lowest BCUT2D eigenvalue weighted by Crippen LogP contribution is -3.14. The van der Waals surface area contributed by atoms with E-state index in [1.807, 2.05) is 35.0 Å². The van der Waals surface area contributed by atoms with Crippen molar-refractivity contribution in [3.63, 3.8) is 0 Å². The second kappa shape index (κ2) is 9.02. The third-order valence-corrected chi connectivity index (χ3v) is 5.28. The number of rotatable bonds is 7. The van der Waals surface area contributed by atoms with Gasteiger partial charge in [-0.1, -0.05) is 30.3 Å². The number of nitrogens with zero attached hydrogens (tertiary/aromatic N) is 4. The molecule has 1 N–H and O–H groups in total. The van der Waals surface area contributed by atoms with E-state index in [0.29, 0.717) is 18.0 Å². The first-order valence-corrected chi connectivity index (χ1v) is 9.74. The summed E-state index contributed by atoms with van der Waals surface area (Å²) in [6.07, 6.45) is 0. The van der Waals surface area contributed by atoms with Gasteiger partial charge in [-0.05, 0) is 34.2 Å². The molecule has 3 aromatic rings. The number of benzene rings is 2. The fourth-order valence-corrected chi connectivity index (χ4v) is 3.81. The average molecular weight is 396 g/mol. The molecule has 1 atom stereocenters. The van der Waals surface area contributed by atoms with Gasteiger partial charge < -0.3 is 19.1 Å². The topological polar surface area (TPSA) is 75.7 Å². The van der Waals surface area contributed by atoms with Gasteiger partial charge in [-0.15, -0.1) is 5.10 Å². The van der Waals surface area contributed by atoms with Gasteiger partial charge in [0, 0.05) is 5.56 Å². The molecule has 0 saturated carbocycles. The predicted molar refractivity (Wildman–Crippen MR) is 106 cm³/mol. The molecule has 152 valence electrons. The van der Waals surface area contributed by atoms with Crippen molar-refractivity contribution in [3.05, 3.63) is 65.5 Å². The second-order valence-corrected chi connectivity index (χ2v) is 7.00. The normalized spacial score (nSPS) is 15.8. The summed E-state index contributed by atoms with van der Waals surface area (Å²) in [7, 11) is 3.29. The highest BCUT2D eigenvalue weighted by Crippen LogP contribution is 2.31. The number of nitrogens with one attached hydrogen (secondary N) is 1. The van der Waals surface area contributed by atoms with Crippen LogP contribution in [0.25, 0.3) is 0 Å². The van der Waals surface area contributed by atoms with Crippen molar-refractivity contribution in [1.29, 1.82) is 0 Å². The summed E-state index contributed by atoms with van der Waals surface area (Å²) in [6.45, 7) is 3.84. The highest BCUT2D eigenvalue weighted by Gasteiger charge is 2.33. The van der Waals surface area contributed by atoms with E-state index in [1.54, 1.807) is 14.2 Å². The van der Waals surface area contributed by atoms with Crippen LogP contribution in [0.4, 0.5) is 0 Å². The molecule has 1 saturated heterocycles. The maximum absolute atomic E-state index is 5.59. The smallest absolute Gasteiger partial charge is 0.214 e. The Bertz CT molecular complexity index is 925. The van der Waals surface area contributed by atoms with Crippen LogP contribution >= 0.6 is 0 Å². The largest absolute Gasteiger partial charge is 0.493 e. The third-order valence-electron chi connectivity index (χ3n) is 5.28. The molecule has 8 heteroatoms. The molecule has 0 bridgehead atoms. The highest BCUT2D eigenvalue weighted by atomic mass is 16.5. The van der Waals surface area contributed by atoms with Gasteiger partial charge in [-0.25, -0.2) is 4.68 Å². The summed E-state index contributed by atoms with van der Waals surface area (Å²) in [6, 6.07) is 16.2. The average Bonchev–Trinajstić information content (AvgIpc) is 3.23. The first-order valence-electron chi connectivity index (χ1n) is 9.74. The van der Waals surface area contributed by atoms with Gasteiger partial charge in [0.15, 0.2) is 17.5 Å². The lowest BCUT2D eigenvalue weighted by molar-refractivity contribution is -0.933. The molecule has 0 amide bonds. The van der Waals surface area contributed by atoms with Crippen molar-refractivity contribution in [1.82, 2.24) is 20.2 Å². The number of morpholine rings is 1. The van der Waals surface area contributed by atoms with Crippen LogP contribution in [0.3, 0.4) is 0 Å². The van der Waals surface area contributed by atoms with E-state index >= 15 is 0 Å². The minimum atomic E-state index is -0.0302. The maximum Gasteiger partial charge on any atom is 0.214 e. The molecular formula is C21H26N5O3+. The van der Waals surface area contributed by atoms with Gasteiger partial charge in [-0.3, -0.25) is 0 Å². The molecule has 0 radical (unpaired) electrons. The summed E-state index contributed by atoms with van der Waals surface area (Å²) < 4.78 is 18.4. The van der Waals surface area contributed by atoms with Crippen molar-refractivity contribution in [2.45, 2.75) is 12.6 Å². The Labute approximate surface area is 170 Å². The first kappa shape index (κ1) is 19.4. The van der Waals surface area contributed by atoms with Gasteiger partial charge in [0.25, 0.3) is 0 Å². The number of quaternary nitrogens is 1. The Morgan fingerprint density at radius 1 is 1.03 bits per heavy atom. The van der Waals surface area contributed by atoms with Crippen LogP contribution in [0.2, 0.25) is 0 Å². The van der Waals surface area contributed by atoms with Gasteiger partial charge in [-0.2, -0.15) is 0 Å². The number of ether oxygens (including phenoxy) is 3. The fraction of sp³-hybridized carbons (Fsp3) is 0.381. The molecule has 1 aliphatic rings. The molecule has 2 aromatic carbocycles. The van der Waals surface area contributed by atoms with Crippen LogP contribution in [-0.4, -0.2) is 60.7 Å². The maximum atomic E-state index is 5.59. The van der Waals surface area contributed by atoms with E-state index in [2.05, 4.69) is 33.7 Å². The molecule has 1 aliphatic heterocycles.